The van der Waals surface area contributed by atoms with Crippen molar-refractivity contribution in [1.82, 2.24) is 4.98 Å². The van der Waals surface area contributed by atoms with Gasteiger partial charge in [0.25, 0.3) is 0 Å². The summed E-state index contributed by atoms with van der Waals surface area (Å²) < 4.78 is 6.19. The lowest BCUT2D eigenvalue weighted by molar-refractivity contribution is 0.620. The molecule has 1 aromatic heterocycles. The minimum Gasteiger partial charge on any atom is -0.436 e. The van der Waals surface area contributed by atoms with Gasteiger partial charge in [-0.15, -0.1) is 0 Å². The van der Waals surface area contributed by atoms with Crippen molar-refractivity contribution < 1.29 is 4.42 Å². The van der Waals surface area contributed by atoms with Gasteiger partial charge in [-0.1, -0.05) is 36.4 Å². The number of hydrogen-bond acceptors (Lipinski definition) is 4. The number of nitrogens with zero attached hydrogens (tertiary/aromatic N) is 3. The second kappa shape index (κ2) is 8.20. The molecule has 1 heterocycles. The third-order valence-corrected chi connectivity index (χ3v) is 5.97. The summed E-state index contributed by atoms with van der Waals surface area (Å²) in [5.41, 5.74) is 6.58. The van der Waals surface area contributed by atoms with Crippen LogP contribution in [0.1, 0.15) is 19.4 Å². The maximum absolute atomic E-state index is 9.05. The van der Waals surface area contributed by atoms with Gasteiger partial charge in [-0.2, -0.15) is 5.26 Å². The minimum absolute atomic E-state index is 0.559. The molecule has 0 aliphatic carbocycles. The Hall–Kier alpha value is -4.10. The van der Waals surface area contributed by atoms with Crippen molar-refractivity contribution in [1.29, 1.82) is 5.26 Å². The zero-order chi connectivity index (χ0) is 22.1. The molecule has 0 aliphatic heterocycles. The Morgan fingerprint density at radius 1 is 0.844 bits per heavy atom. The molecule has 4 heteroatoms. The number of oxazole rings is 1. The molecule has 0 saturated heterocycles. The Morgan fingerprint density at radius 2 is 1.50 bits per heavy atom. The summed E-state index contributed by atoms with van der Waals surface area (Å²) in [4.78, 5) is 7.14. The average molecular weight is 418 g/mol. The van der Waals surface area contributed by atoms with Crippen molar-refractivity contribution in [3.63, 3.8) is 0 Å². The van der Waals surface area contributed by atoms with E-state index < -0.39 is 0 Å². The maximum Gasteiger partial charge on any atom is 0.227 e. The van der Waals surface area contributed by atoms with E-state index in [1.807, 2.05) is 18.2 Å². The molecule has 156 valence electrons. The number of nitriles is 1. The van der Waals surface area contributed by atoms with Crippen LogP contribution < -0.4 is 4.90 Å². The Kier molecular flexibility index (Phi) is 5.09. The van der Waals surface area contributed by atoms with Crippen molar-refractivity contribution >= 4 is 27.6 Å². The molecule has 0 radical (unpaired) electrons. The van der Waals surface area contributed by atoms with E-state index in [2.05, 4.69) is 73.3 Å². The third kappa shape index (κ3) is 3.38. The van der Waals surface area contributed by atoms with Crippen molar-refractivity contribution in [3.8, 4) is 28.7 Å². The smallest absolute Gasteiger partial charge is 0.227 e. The Morgan fingerprint density at radius 3 is 2.16 bits per heavy atom. The van der Waals surface area contributed by atoms with Crippen LogP contribution in [0.5, 0.6) is 0 Å². The second-order valence-corrected chi connectivity index (χ2v) is 7.74. The molecule has 5 aromatic rings. The minimum atomic E-state index is 0.559. The zero-order valence-corrected chi connectivity index (χ0v) is 18.2. The molecule has 0 fully saturated rings. The first kappa shape index (κ1) is 19.8. The molecule has 0 atom stereocenters. The summed E-state index contributed by atoms with van der Waals surface area (Å²) in [7, 11) is 0. The van der Waals surface area contributed by atoms with Gasteiger partial charge in [0.05, 0.1) is 11.6 Å². The van der Waals surface area contributed by atoms with Crippen molar-refractivity contribution in [2.45, 2.75) is 13.8 Å². The highest BCUT2D eigenvalue weighted by molar-refractivity contribution is 6.11. The van der Waals surface area contributed by atoms with E-state index in [0.717, 1.165) is 51.7 Å². The third-order valence-electron chi connectivity index (χ3n) is 5.97. The predicted molar refractivity (Wildman–Crippen MR) is 131 cm³/mol. The van der Waals surface area contributed by atoms with E-state index in [1.54, 1.807) is 12.1 Å². The van der Waals surface area contributed by atoms with Crippen LogP contribution >= 0.6 is 0 Å². The second-order valence-electron chi connectivity index (χ2n) is 7.74. The Balaban J connectivity index is 1.65. The molecular weight excluding hydrogens is 394 g/mol. The van der Waals surface area contributed by atoms with Gasteiger partial charge in [-0.05, 0) is 72.8 Å². The molecule has 4 nitrogen and oxygen atoms in total. The molecule has 4 aromatic carbocycles. The van der Waals surface area contributed by atoms with Crippen LogP contribution in [-0.2, 0) is 0 Å². The van der Waals surface area contributed by atoms with Gasteiger partial charge in [0.1, 0.15) is 5.52 Å². The quantitative estimate of drug-likeness (QED) is 0.308. The number of aromatic nitrogens is 1. The predicted octanol–water partition coefficient (Wildman–Crippen LogP) is 7.03. The normalized spacial score (nSPS) is 11.0. The van der Waals surface area contributed by atoms with E-state index >= 15 is 0 Å². The number of hydrogen-bond donors (Lipinski definition) is 0. The van der Waals surface area contributed by atoms with E-state index in [-0.39, 0.29) is 0 Å². The summed E-state index contributed by atoms with van der Waals surface area (Å²) in [6.07, 6.45) is 0. The monoisotopic (exact) mass is 417 g/mol. The fourth-order valence-electron chi connectivity index (χ4n) is 4.25. The lowest BCUT2D eigenvalue weighted by atomic mass is 9.97. The molecule has 0 spiro atoms. The van der Waals surface area contributed by atoms with Crippen molar-refractivity contribution in [2.24, 2.45) is 0 Å². The highest BCUT2D eigenvalue weighted by Crippen LogP contribution is 2.37. The van der Waals surface area contributed by atoms with Crippen LogP contribution in [0, 0.1) is 11.3 Å². The number of rotatable bonds is 5. The van der Waals surface area contributed by atoms with Gasteiger partial charge in [0, 0.05) is 29.7 Å². The topological polar surface area (TPSA) is 53.1 Å². The number of benzene rings is 4. The molecule has 0 amide bonds. The summed E-state index contributed by atoms with van der Waals surface area (Å²) in [5.74, 6) is 0.559. The van der Waals surface area contributed by atoms with Gasteiger partial charge in [0.2, 0.25) is 5.89 Å². The van der Waals surface area contributed by atoms with Crippen LogP contribution in [0.4, 0.5) is 5.69 Å². The van der Waals surface area contributed by atoms with Crippen LogP contribution in [0.15, 0.2) is 83.3 Å². The lowest BCUT2D eigenvalue weighted by Crippen LogP contribution is -2.21. The van der Waals surface area contributed by atoms with Crippen molar-refractivity contribution in [3.05, 3.63) is 84.4 Å². The summed E-state index contributed by atoms with van der Waals surface area (Å²) in [6.45, 7) is 6.32. The van der Waals surface area contributed by atoms with Gasteiger partial charge in [-0.25, -0.2) is 4.98 Å². The number of fused-ring (bicyclic) bond motifs is 3. The van der Waals surface area contributed by atoms with E-state index in [9.17, 15) is 0 Å². The highest BCUT2D eigenvalue weighted by atomic mass is 16.3. The molecule has 0 N–H and O–H groups in total. The molecule has 0 unspecified atom stereocenters. The van der Waals surface area contributed by atoms with Gasteiger partial charge in [-0.3, -0.25) is 0 Å². The maximum atomic E-state index is 9.05. The summed E-state index contributed by atoms with van der Waals surface area (Å²) in [6, 6.07) is 28.6. The van der Waals surface area contributed by atoms with Crippen LogP contribution in [0.25, 0.3) is 44.5 Å². The SMILES string of the molecule is CCN(CC)c1ccc(-c2cc3oc(-c4ccc(C#N)cc4)nc3c3ccccc23)cc1. The molecule has 0 aliphatic rings. The highest BCUT2D eigenvalue weighted by Gasteiger charge is 2.15. The lowest BCUT2D eigenvalue weighted by Gasteiger charge is -2.21. The average Bonchev–Trinajstić information content (AvgIpc) is 3.29. The van der Waals surface area contributed by atoms with Gasteiger partial charge >= 0.3 is 0 Å². The van der Waals surface area contributed by atoms with Crippen LogP contribution in [-0.4, -0.2) is 18.1 Å². The molecule has 0 bridgehead atoms. The fourth-order valence-corrected chi connectivity index (χ4v) is 4.25. The standard InChI is InChI=1S/C28H23N3O/c1-3-31(4-2)22-15-13-20(14-16-22)25-17-26-27(24-8-6-5-7-23(24)25)30-28(32-26)21-11-9-19(18-29)10-12-21/h5-17H,3-4H2,1-2H3. The zero-order valence-electron chi connectivity index (χ0n) is 18.2. The van der Waals surface area contributed by atoms with Crippen molar-refractivity contribution in [2.75, 3.05) is 18.0 Å². The molecular formula is C28H23N3O. The summed E-state index contributed by atoms with van der Waals surface area (Å²) in [5, 5.41) is 11.3. The largest absolute Gasteiger partial charge is 0.436 e. The van der Waals surface area contributed by atoms with E-state index in [1.165, 1.54) is 5.69 Å². The number of anilines is 1. The first-order chi connectivity index (χ1) is 15.7. The van der Waals surface area contributed by atoms with Crippen LogP contribution in [0.2, 0.25) is 0 Å². The first-order valence-corrected chi connectivity index (χ1v) is 10.9. The fraction of sp³-hybridized carbons (Fsp3) is 0.143. The summed E-state index contributed by atoms with van der Waals surface area (Å²) >= 11 is 0. The molecule has 5 rings (SSSR count). The Labute approximate surface area is 187 Å². The molecule has 0 saturated carbocycles. The van der Waals surface area contributed by atoms with Gasteiger partial charge < -0.3 is 9.32 Å². The van der Waals surface area contributed by atoms with Crippen LogP contribution in [0.3, 0.4) is 0 Å². The Bertz CT molecular complexity index is 1440. The van der Waals surface area contributed by atoms with E-state index in [4.69, 9.17) is 14.7 Å². The molecule has 32 heavy (non-hydrogen) atoms. The van der Waals surface area contributed by atoms with Gasteiger partial charge in [0.15, 0.2) is 5.58 Å². The first-order valence-electron chi connectivity index (χ1n) is 10.9. The van der Waals surface area contributed by atoms with E-state index in [0.29, 0.717) is 11.5 Å².